The van der Waals surface area contributed by atoms with Crippen molar-refractivity contribution in [2.75, 3.05) is 0 Å². The molecule has 1 aliphatic rings. The van der Waals surface area contributed by atoms with Gasteiger partial charge >= 0.3 is 5.97 Å². The number of amides is 1. The van der Waals surface area contributed by atoms with Crippen molar-refractivity contribution in [3.8, 4) is 0 Å². The maximum atomic E-state index is 12.2. The van der Waals surface area contributed by atoms with Crippen molar-refractivity contribution < 1.29 is 14.7 Å². The quantitative estimate of drug-likeness (QED) is 0.874. The summed E-state index contributed by atoms with van der Waals surface area (Å²) in [6, 6.07) is 2.73. The lowest BCUT2D eigenvalue weighted by molar-refractivity contribution is -0.146. The molecular formula is C15H20N2O4. The molecule has 0 bridgehead atoms. The largest absolute Gasteiger partial charge is 0.480 e. The van der Waals surface area contributed by atoms with Gasteiger partial charge < -0.3 is 15.0 Å². The number of rotatable bonds is 3. The predicted molar refractivity (Wildman–Crippen MR) is 77.1 cm³/mol. The van der Waals surface area contributed by atoms with Crippen LogP contribution in [0, 0.1) is 5.92 Å². The summed E-state index contributed by atoms with van der Waals surface area (Å²) in [4.78, 5) is 35.4. The third-order valence-corrected chi connectivity index (χ3v) is 4.26. The highest BCUT2D eigenvalue weighted by atomic mass is 16.4. The monoisotopic (exact) mass is 292 g/mol. The Labute approximate surface area is 122 Å². The van der Waals surface area contributed by atoms with Crippen molar-refractivity contribution in [3.05, 3.63) is 34.2 Å². The molecule has 1 aliphatic carbocycles. The first-order valence-electron chi connectivity index (χ1n) is 7.07. The van der Waals surface area contributed by atoms with E-state index < -0.39 is 17.4 Å². The maximum Gasteiger partial charge on any atom is 0.329 e. The lowest BCUT2D eigenvalue weighted by Crippen LogP contribution is -2.56. The molecule has 0 aromatic carbocycles. The van der Waals surface area contributed by atoms with Crippen molar-refractivity contribution in [2.24, 2.45) is 13.0 Å². The molecule has 6 nitrogen and oxygen atoms in total. The number of nitrogens with zero attached hydrogens (tertiary/aromatic N) is 1. The fourth-order valence-electron chi connectivity index (χ4n) is 2.63. The molecule has 1 heterocycles. The van der Waals surface area contributed by atoms with Crippen molar-refractivity contribution >= 4 is 11.9 Å². The first-order chi connectivity index (χ1) is 9.84. The Bertz CT molecular complexity index is 612. The van der Waals surface area contributed by atoms with Crippen LogP contribution in [0.15, 0.2) is 23.1 Å². The van der Waals surface area contributed by atoms with Crippen LogP contribution in [-0.4, -0.2) is 27.1 Å². The summed E-state index contributed by atoms with van der Waals surface area (Å²) in [6.07, 6.45) is 3.86. The summed E-state index contributed by atoms with van der Waals surface area (Å²) in [7, 11) is 1.59. The number of hydrogen-bond acceptors (Lipinski definition) is 3. The molecule has 6 heteroatoms. The molecule has 2 N–H and O–H groups in total. The van der Waals surface area contributed by atoms with Crippen LogP contribution in [0.1, 0.15) is 43.0 Å². The van der Waals surface area contributed by atoms with Crippen LogP contribution in [0.3, 0.4) is 0 Å². The Morgan fingerprint density at radius 2 is 2.00 bits per heavy atom. The number of carbonyl (C=O) groups is 2. The average molecular weight is 292 g/mol. The highest BCUT2D eigenvalue weighted by Gasteiger charge is 2.42. The Kier molecular flexibility index (Phi) is 4.16. The third kappa shape index (κ3) is 3.15. The Hall–Kier alpha value is -2.11. The van der Waals surface area contributed by atoms with Crippen LogP contribution < -0.4 is 10.9 Å². The van der Waals surface area contributed by atoms with Crippen LogP contribution in [-0.2, 0) is 11.8 Å². The Morgan fingerprint density at radius 3 is 2.52 bits per heavy atom. The second kappa shape index (κ2) is 5.71. The van der Waals surface area contributed by atoms with Crippen molar-refractivity contribution in [2.45, 2.75) is 38.1 Å². The maximum absolute atomic E-state index is 12.2. The molecule has 0 saturated heterocycles. The zero-order valence-corrected chi connectivity index (χ0v) is 12.3. The van der Waals surface area contributed by atoms with E-state index in [4.69, 9.17) is 0 Å². The number of nitrogens with one attached hydrogen (secondary N) is 1. The predicted octanol–water partition coefficient (Wildman–Crippen LogP) is 1.15. The van der Waals surface area contributed by atoms with Crippen molar-refractivity contribution in [3.63, 3.8) is 0 Å². The van der Waals surface area contributed by atoms with Gasteiger partial charge in [-0.25, -0.2) is 4.79 Å². The molecule has 0 atom stereocenters. The SMILES string of the molecule is CC1CCC(NC(=O)c2ccn(C)c(=O)c2)(C(=O)O)CC1. The number of carboxylic acid groups (broad SMARTS) is 1. The molecule has 1 amide bonds. The molecule has 1 aromatic rings. The topological polar surface area (TPSA) is 88.4 Å². The first-order valence-corrected chi connectivity index (χ1v) is 7.07. The van der Waals surface area contributed by atoms with Crippen LogP contribution >= 0.6 is 0 Å². The normalized spacial score (nSPS) is 25.3. The minimum atomic E-state index is -1.22. The first kappa shape index (κ1) is 15.3. The molecule has 0 radical (unpaired) electrons. The van der Waals surface area contributed by atoms with Gasteiger partial charge in [-0.3, -0.25) is 9.59 Å². The lowest BCUT2D eigenvalue weighted by atomic mass is 9.77. The number of aliphatic carboxylic acids is 1. The zero-order chi connectivity index (χ0) is 15.6. The molecule has 2 rings (SSSR count). The minimum absolute atomic E-state index is 0.192. The minimum Gasteiger partial charge on any atom is -0.480 e. The molecule has 0 aliphatic heterocycles. The van der Waals surface area contributed by atoms with Gasteiger partial charge in [-0.15, -0.1) is 0 Å². The molecule has 21 heavy (non-hydrogen) atoms. The van der Waals surface area contributed by atoms with Crippen molar-refractivity contribution in [1.29, 1.82) is 0 Å². The number of hydrogen-bond donors (Lipinski definition) is 2. The molecule has 114 valence electrons. The van der Waals surface area contributed by atoms with E-state index in [2.05, 4.69) is 12.2 Å². The summed E-state index contributed by atoms with van der Waals surface area (Å²) >= 11 is 0. The molecule has 1 aromatic heterocycles. The number of aromatic nitrogens is 1. The van der Waals surface area contributed by atoms with Gasteiger partial charge in [-0.05, 0) is 37.7 Å². The van der Waals surface area contributed by atoms with Gasteiger partial charge in [0.2, 0.25) is 0 Å². The molecule has 0 unspecified atom stereocenters. The highest BCUT2D eigenvalue weighted by molar-refractivity contribution is 5.97. The Balaban J connectivity index is 2.21. The fraction of sp³-hybridized carbons (Fsp3) is 0.533. The van der Waals surface area contributed by atoms with Crippen LogP contribution in [0.5, 0.6) is 0 Å². The Morgan fingerprint density at radius 1 is 1.38 bits per heavy atom. The van der Waals surface area contributed by atoms with E-state index in [1.165, 1.54) is 22.9 Å². The van der Waals surface area contributed by atoms with E-state index >= 15 is 0 Å². The summed E-state index contributed by atoms with van der Waals surface area (Å²) in [5.74, 6) is -1.05. The smallest absolute Gasteiger partial charge is 0.329 e. The van der Waals surface area contributed by atoms with Crippen LogP contribution in [0.2, 0.25) is 0 Å². The van der Waals surface area contributed by atoms with Gasteiger partial charge in [0, 0.05) is 24.9 Å². The van der Waals surface area contributed by atoms with Gasteiger partial charge in [-0.2, -0.15) is 0 Å². The second-order valence-electron chi connectivity index (χ2n) is 5.89. The van der Waals surface area contributed by atoms with Gasteiger partial charge in [0.05, 0.1) is 0 Å². The fourth-order valence-corrected chi connectivity index (χ4v) is 2.63. The van der Waals surface area contributed by atoms with E-state index in [0.717, 1.165) is 12.8 Å². The lowest BCUT2D eigenvalue weighted by Gasteiger charge is -2.36. The third-order valence-electron chi connectivity index (χ3n) is 4.26. The van der Waals surface area contributed by atoms with E-state index in [1.807, 2.05) is 0 Å². The van der Waals surface area contributed by atoms with Gasteiger partial charge in [-0.1, -0.05) is 6.92 Å². The van der Waals surface area contributed by atoms with E-state index in [9.17, 15) is 19.5 Å². The summed E-state index contributed by atoms with van der Waals surface area (Å²) < 4.78 is 1.35. The molecule has 0 spiro atoms. The average Bonchev–Trinajstić information content (AvgIpc) is 2.44. The summed E-state index contributed by atoms with van der Waals surface area (Å²) in [5, 5.41) is 12.1. The molecule has 1 fully saturated rings. The van der Waals surface area contributed by atoms with Gasteiger partial charge in [0.25, 0.3) is 11.5 Å². The number of carboxylic acids is 1. The number of pyridine rings is 1. The number of aryl methyl sites for hydroxylation is 1. The molecular weight excluding hydrogens is 272 g/mol. The number of carbonyl (C=O) groups excluding carboxylic acids is 1. The standard InChI is InChI=1S/C15H20N2O4/c1-10-3-6-15(7-4-10,14(20)21)16-13(19)11-5-8-17(2)12(18)9-11/h5,8-10H,3-4,6-7H2,1-2H3,(H,16,19)(H,20,21). The van der Waals surface area contributed by atoms with Crippen LogP contribution in [0.4, 0.5) is 0 Å². The summed E-state index contributed by atoms with van der Waals surface area (Å²) in [5.41, 5.74) is -1.33. The molecule has 1 saturated carbocycles. The zero-order valence-electron chi connectivity index (χ0n) is 12.3. The second-order valence-corrected chi connectivity index (χ2v) is 5.89. The van der Waals surface area contributed by atoms with Crippen LogP contribution in [0.25, 0.3) is 0 Å². The van der Waals surface area contributed by atoms with E-state index in [-0.39, 0.29) is 11.1 Å². The summed E-state index contributed by atoms with van der Waals surface area (Å²) in [6.45, 7) is 2.08. The van der Waals surface area contributed by atoms with Gasteiger partial charge in [0.15, 0.2) is 0 Å². The van der Waals surface area contributed by atoms with E-state index in [0.29, 0.717) is 18.8 Å². The van der Waals surface area contributed by atoms with E-state index in [1.54, 1.807) is 7.05 Å². The van der Waals surface area contributed by atoms with Gasteiger partial charge in [0.1, 0.15) is 5.54 Å². The highest BCUT2D eigenvalue weighted by Crippen LogP contribution is 2.32. The van der Waals surface area contributed by atoms with Crippen molar-refractivity contribution in [1.82, 2.24) is 9.88 Å².